The lowest BCUT2D eigenvalue weighted by Gasteiger charge is -2.09. The molecular formula is C16H22N4O. The number of carbonyl (C=O) groups excluding carboxylic acids is 1. The first kappa shape index (κ1) is 15.2. The molecular weight excluding hydrogens is 264 g/mol. The number of aryl methyl sites for hydroxylation is 1. The fraction of sp³-hybridized carbons (Fsp3) is 0.438. The van der Waals surface area contributed by atoms with Crippen LogP contribution < -0.4 is 5.32 Å². The second-order valence-electron chi connectivity index (χ2n) is 5.38. The number of hydrogen-bond donors (Lipinski definition) is 1. The van der Waals surface area contributed by atoms with E-state index in [1.807, 2.05) is 30.8 Å². The lowest BCUT2D eigenvalue weighted by atomic mass is 10.0. The molecule has 1 amide bonds. The summed E-state index contributed by atoms with van der Waals surface area (Å²) in [7, 11) is 1.89. The highest BCUT2D eigenvalue weighted by Gasteiger charge is 2.23. The zero-order valence-corrected chi connectivity index (χ0v) is 13.1. The van der Waals surface area contributed by atoms with E-state index in [0.29, 0.717) is 6.54 Å². The average Bonchev–Trinajstić information content (AvgIpc) is 2.82. The van der Waals surface area contributed by atoms with Crippen LogP contribution in [0, 0.1) is 0 Å². The van der Waals surface area contributed by atoms with Crippen LogP contribution in [0.1, 0.15) is 54.0 Å². The maximum absolute atomic E-state index is 12.6. The highest BCUT2D eigenvalue weighted by molar-refractivity contribution is 5.96. The van der Waals surface area contributed by atoms with Gasteiger partial charge >= 0.3 is 0 Å². The molecule has 0 aliphatic heterocycles. The second-order valence-corrected chi connectivity index (χ2v) is 5.38. The third-order valence-corrected chi connectivity index (χ3v) is 3.48. The normalized spacial score (nSPS) is 10.9. The molecule has 0 saturated carbocycles. The largest absolute Gasteiger partial charge is 0.348 e. The van der Waals surface area contributed by atoms with Crippen LogP contribution in [-0.4, -0.2) is 20.7 Å². The molecule has 1 N–H and O–H groups in total. The molecule has 0 saturated heterocycles. The minimum Gasteiger partial charge on any atom is -0.348 e. The number of carbonyl (C=O) groups is 1. The van der Waals surface area contributed by atoms with Gasteiger partial charge in [-0.1, -0.05) is 26.8 Å². The molecule has 2 aromatic rings. The van der Waals surface area contributed by atoms with E-state index in [9.17, 15) is 4.79 Å². The minimum absolute atomic E-state index is 0.0625. The third-order valence-electron chi connectivity index (χ3n) is 3.48. The summed E-state index contributed by atoms with van der Waals surface area (Å²) in [6.45, 7) is 6.63. The van der Waals surface area contributed by atoms with Crippen LogP contribution in [0.25, 0.3) is 0 Å². The van der Waals surface area contributed by atoms with Gasteiger partial charge in [0, 0.05) is 26.0 Å². The molecule has 5 heteroatoms. The van der Waals surface area contributed by atoms with Crippen LogP contribution in [0.4, 0.5) is 0 Å². The molecule has 5 nitrogen and oxygen atoms in total. The summed E-state index contributed by atoms with van der Waals surface area (Å²) in [6, 6.07) is 3.81. The van der Waals surface area contributed by atoms with E-state index in [0.717, 1.165) is 28.9 Å². The Kier molecular flexibility index (Phi) is 4.73. The van der Waals surface area contributed by atoms with Crippen LogP contribution in [0.5, 0.6) is 0 Å². The summed E-state index contributed by atoms with van der Waals surface area (Å²) in [4.78, 5) is 16.6. The highest BCUT2D eigenvalue weighted by atomic mass is 16.1. The summed E-state index contributed by atoms with van der Waals surface area (Å²) >= 11 is 0. The molecule has 0 aliphatic carbocycles. The number of amides is 1. The molecule has 2 heterocycles. The topological polar surface area (TPSA) is 59.8 Å². The fourth-order valence-corrected chi connectivity index (χ4v) is 2.41. The summed E-state index contributed by atoms with van der Waals surface area (Å²) < 4.78 is 1.81. The van der Waals surface area contributed by atoms with Crippen molar-refractivity contribution in [2.75, 3.05) is 0 Å². The lowest BCUT2D eigenvalue weighted by Crippen LogP contribution is -2.25. The van der Waals surface area contributed by atoms with Gasteiger partial charge in [0.15, 0.2) is 0 Å². The van der Waals surface area contributed by atoms with E-state index in [2.05, 4.69) is 29.2 Å². The minimum atomic E-state index is -0.0625. The maximum atomic E-state index is 12.6. The van der Waals surface area contributed by atoms with E-state index in [1.165, 1.54) is 0 Å². The Bertz CT molecular complexity index is 617. The standard InChI is InChI=1S/C16H22N4O/c1-5-13-14(15(11(2)3)19-20(13)4)16(21)18-10-12-7-6-8-17-9-12/h6-9,11H,5,10H2,1-4H3,(H,18,21). The molecule has 0 aromatic carbocycles. The Morgan fingerprint density at radius 2 is 2.19 bits per heavy atom. The van der Waals surface area contributed by atoms with Crippen molar-refractivity contribution >= 4 is 5.91 Å². The summed E-state index contributed by atoms with van der Waals surface area (Å²) in [5.74, 6) is 0.156. The molecule has 21 heavy (non-hydrogen) atoms. The van der Waals surface area contributed by atoms with Gasteiger partial charge in [-0.3, -0.25) is 14.5 Å². The summed E-state index contributed by atoms with van der Waals surface area (Å²) in [6.07, 6.45) is 4.26. The zero-order valence-electron chi connectivity index (χ0n) is 13.1. The van der Waals surface area contributed by atoms with Crippen LogP contribution in [0.15, 0.2) is 24.5 Å². The van der Waals surface area contributed by atoms with Gasteiger partial charge in [0.2, 0.25) is 0 Å². The van der Waals surface area contributed by atoms with Crippen molar-refractivity contribution in [2.45, 2.75) is 39.7 Å². The zero-order chi connectivity index (χ0) is 15.4. The van der Waals surface area contributed by atoms with Crippen molar-refractivity contribution in [1.29, 1.82) is 0 Å². The van der Waals surface area contributed by atoms with E-state index in [1.54, 1.807) is 12.4 Å². The molecule has 0 atom stereocenters. The third kappa shape index (κ3) is 3.29. The van der Waals surface area contributed by atoms with Gasteiger partial charge in [-0.05, 0) is 24.0 Å². The molecule has 2 aromatic heterocycles. The predicted octanol–water partition coefficient (Wildman–Crippen LogP) is 2.43. The summed E-state index contributed by atoms with van der Waals surface area (Å²) in [5, 5.41) is 7.47. The number of aromatic nitrogens is 3. The van der Waals surface area contributed by atoms with E-state index >= 15 is 0 Å². The Morgan fingerprint density at radius 1 is 1.43 bits per heavy atom. The van der Waals surface area contributed by atoms with Crippen LogP contribution in [-0.2, 0) is 20.0 Å². The second kappa shape index (κ2) is 6.52. The van der Waals surface area contributed by atoms with E-state index < -0.39 is 0 Å². The molecule has 112 valence electrons. The molecule has 2 rings (SSSR count). The van der Waals surface area contributed by atoms with Crippen molar-refractivity contribution in [3.63, 3.8) is 0 Å². The number of nitrogens with zero attached hydrogens (tertiary/aromatic N) is 3. The van der Waals surface area contributed by atoms with Gasteiger partial charge < -0.3 is 5.32 Å². The maximum Gasteiger partial charge on any atom is 0.255 e. The van der Waals surface area contributed by atoms with Crippen molar-refractivity contribution in [3.05, 3.63) is 47.0 Å². The highest BCUT2D eigenvalue weighted by Crippen LogP contribution is 2.22. The van der Waals surface area contributed by atoms with Gasteiger partial charge in [0.1, 0.15) is 0 Å². The molecule has 0 bridgehead atoms. The van der Waals surface area contributed by atoms with Crippen molar-refractivity contribution in [2.24, 2.45) is 7.05 Å². The smallest absolute Gasteiger partial charge is 0.255 e. The first-order chi connectivity index (χ1) is 10.0. The lowest BCUT2D eigenvalue weighted by molar-refractivity contribution is 0.0948. The Balaban J connectivity index is 2.22. The SMILES string of the molecule is CCc1c(C(=O)NCc2cccnc2)c(C(C)C)nn1C. The van der Waals surface area contributed by atoms with Crippen LogP contribution in [0.2, 0.25) is 0 Å². The predicted molar refractivity (Wildman–Crippen MR) is 82.1 cm³/mol. The fourth-order valence-electron chi connectivity index (χ4n) is 2.41. The van der Waals surface area contributed by atoms with Gasteiger partial charge in [-0.15, -0.1) is 0 Å². The quantitative estimate of drug-likeness (QED) is 0.918. The molecule has 0 spiro atoms. The van der Waals surface area contributed by atoms with Gasteiger partial charge in [-0.2, -0.15) is 5.10 Å². The van der Waals surface area contributed by atoms with Crippen molar-refractivity contribution < 1.29 is 4.79 Å². The number of pyridine rings is 1. The monoisotopic (exact) mass is 286 g/mol. The molecule has 0 radical (unpaired) electrons. The Morgan fingerprint density at radius 3 is 2.76 bits per heavy atom. The Labute approximate surface area is 125 Å². The number of nitrogens with one attached hydrogen (secondary N) is 1. The first-order valence-electron chi connectivity index (χ1n) is 7.27. The van der Waals surface area contributed by atoms with Crippen molar-refractivity contribution in [1.82, 2.24) is 20.1 Å². The average molecular weight is 286 g/mol. The van der Waals surface area contributed by atoms with Gasteiger partial charge in [-0.25, -0.2) is 0 Å². The number of hydrogen-bond acceptors (Lipinski definition) is 3. The molecule has 0 aliphatic rings. The molecule has 0 fully saturated rings. The van der Waals surface area contributed by atoms with E-state index in [-0.39, 0.29) is 11.8 Å². The Hall–Kier alpha value is -2.17. The van der Waals surface area contributed by atoms with E-state index in [4.69, 9.17) is 0 Å². The van der Waals surface area contributed by atoms with Crippen LogP contribution in [0.3, 0.4) is 0 Å². The van der Waals surface area contributed by atoms with Crippen molar-refractivity contribution in [3.8, 4) is 0 Å². The first-order valence-corrected chi connectivity index (χ1v) is 7.27. The molecule has 0 unspecified atom stereocenters. The van der Waals surface area contributed by atoms with Crippen LogP contribution >= 0.6 is 0 Å². The number of rotatable bonds is 5. The van der Waals surface area contributed by atoms with Gasteiger partial charge in [0.25, 0.3) is 5.91 Å². The summed E-state index contributed by atoms with van der Waals surface area (Å²) in [5.41, 5.74) is 3.54. The van der Waals surface area contributed by atoms with Gasteiger partial charge in [0.05, 0.1) is 17.0 Å².